The summed E-state index contributed by atoms with van der Waals surface area (Å²) in [4.78, 5) is 29.9. The number of carbonyl (C=O) groups excluding carboxylic acids is 2. The van der Waals surface area contributed by atoms with Gasteiger partial charge in [0, 0.05) is 48.1 Å². The topological polar surface area (TPSA) is 73.9 Å². The molecule has 35 heavy (non-hydrogen) atoms. The number of hydrogen-bond donors (Lipinski definition) is 2. The molecule has 1 fully saturated rings. The van der Waals surface area contributed by atoms with Crippen LogP contribution in [0.1, 0.15) is 17.3 Å². The van der Waals surface area contributed by atoms with Gasteiger partial charge >= 0.3 is 0 Å². The molecule has 1 saturated heterocycles. The van der Waals surface area contributed by atoms with E-state index in [2.05, 4.69) is 26.5 Å². The van der Waals surface area contributed by atoms with Crippen LogP contribution in [0.3, 0.4) is 0 Å². The SMILES string of the molecule is COc1ccccc1NC(=O)c1ccc(NC(=O)C(C)N2CCN(c3cccc(Cl)c3)CC2)cc1. The zero-order valence-corrected chi connectivity index (χ0v) is 20.6. The summed E-state index contributed by atoms with van der Waals surface area (Å²) < 4.78 is 5.28. The summed E-state index contributed by atoms with van der Waals surface area (Å²) >= 11 is 6.12. The van der Waals surface area contributed by atoms with Gasteiger partial charge in [-0.2, -0.15) is 0 Å². The number of hydrogen-bond acceptors (Lipinski definition) is 5. The monoisotopic (exact) mass is 492 g/mol. The summed E-state index contributed by atoms with van der Waals surface area (Å²) in [7, 11) is 1.56. The van der Waals surface area contributed by atoms with Gasteiger partial charge in [0.2, 0.25) is 5.91 Å². The molecule has 3 aromatic rings. The number of anilines is 3. The third kappa shape index (κ3) is 6.12. The molecule has 2 N–H and O–H groups in total. The van der Waals surface area contributed by atoms with E-state index in [1.54, 1.807) is 43.5 Å². The fourth-order valence-corrected chi connectivity index (χ4v) is 4.28. The van der Waals surface area contributed by atoms with E-state index in [1.165, 1.54) is 0 Å². The Balaban J connectivity index is 1.30. The lowest BCUT2D eigenvalue weighted by molar-refractivity contribution is -0.120. The van der Waals surface area contributed by atoms with Crippen LogP contribution in [0.15, 0.2) is 72.8 Å². The predicted molar refractivity (Wildman–Crippen MR) is 141 cm³/mol. The lowest BCUT2D eigenvalue weighted by atomic mass is 10.1. The van der Waals surface area contributed by atoms with Gasteiger partial charge in [0.1, 0.15) is 5.75 Å². The number of carbonyl (C=O) groups is 2. The molecule has 0 radical (unpaired) electrons. The first kappa shape index (κ1) is 24.6. The van der Waals surface area contributed by atoms with E-state index >= 15 is 0 Å². The van der Waals surface area contributed by atoms with Crippen LogP contribution in [0.4, 0.5) is 17.1 Å². The molecule has 182 valence electrons. The van der Waals surface area contributed by atoms with Gasteiger partial charge in [-0.1, -0.05) is 29.8 Å². The second-order valence-electron chi connectivity index (χ2n) is 8.40. The van der Waals surface area contributed by atoms with Crippen LogP contribution in [0.2, 0.25) is 5.02 Å². The molecule has 0 aromatic heterocycles. The second-order valence-corrected chi connectivity index (χ2v) is 8.84. The van der Waals surface area contributed by atoms with Crippen molar-refractivity contribution in [1.29, 1.82) is 0 Å². The van der Waals surface area contributed by atoms with E-state index in [0.29, 0.717) is 22.7 Å². The Morgan fingerprint density at radius 2 is 1.63 bits per heavy atom. The van der Waals surface area contributed by atoms with Gasteiger partial charge in [0.25, 0.3) is 5.91 Å². The van der Waals surface area contributed by atoms with Gasteiger partial charge in [-0.05, 0) is 61.5 Å². The molecule has 1 heterocycles. The molecule has 4 rings (SSSR count). The zero-order valence-electron chi connectivity index (χ0n) is 19.8. The third-order valence-corrected chi connectivity index (χ3v) is 6.42. The van der Waals surface area contributed by atoms with Gasteiger partial charge in [-0.15, -0.1) is 0 Å². The first-order valence-corrected chi connectivity index (χ1v) is 11.9. The highest BCUT2D eigenvalue weighted by molar-refractivity contribution is 6.30. The smallest absolute Gasteiger partial charge is 0.255 e. The maximum Gasteiger partial charge on any atom is 0.255 e. The van der Waals surface area contributed by atoms with E-state index in [0.717, 1.165) is 36.9 Å². The number of ether oxygens (including phenoxy) is 1. The Bertz CT molecular complexity index is 1180. The Morgan fingerprint density at radius 3 is 2.31 bits per heavy atom. The summed E-state index contributed by atoms with van der Waals surface area (Å²) in [6, 6.07) is 21.6. The molecule has 7 nitrogen and oxygen atoms in total. The van der Waals surface area contributed by atoms with Crippen molar-refractivity contribution >= 4 is 40.5 Å². The molecule has 2 amide bonds. The van der Waals surface area contributed by atoms with E-state index in [1.807, 2.05) is 37.3 Å². The molecular formula is C27H29ClN4O3. The molecule has 3 aromatic carbocycles. The summed E-state index contributed by atoms with van der Waals surface area (Å²) in [6.45, 7) is 5.13. The van der Waals surface area contributed by atoms with Gasteiger partial charge in [0.05, 0.1) is 18.8 Å². The van der Waals surface area contributed by atoms with Gasteiger partial charge < -0.3 is 20.3 Å². The van der Waals surface area contributed by atoms with Crippen molar-refractivity contribution in [3.63, 3.8) is 0 Å². The highest BCUT2D eigenvalue weighted by Gasteiger charge is 2.26. The second kappa shape index (κ2) is 11.3. The maximum absolute atomic E-state index is 12.9. The molecule has 1 aliphatic rings. The average molecular weight is 493 g/mol. The number of amides is 2. The first-order chi connectivity index (χ1) is 16.9. The first-order valence-electron chi connectivity index (χ1n) is 11.5. The third-order valence-electron chi connectivity index (χ3n) is 6.18. The van der Waals surface area contributed by atoms with Crippen molar-refractivity contribution in [2.75, 3.05) is 48.8 Å². The fraction of sp³-hybridized carbons (Fsp3) is 0.259. The minimum atomic E-state index is -0.273. The van der Waals surface area contributed by atoms with Crippen LogP contribution in [0.5, 0.6) is 5.75 Å². The van der Waals surface area contributed by atoms with Crippen LogP contribution < -0.4 is 20.3 Å². The molecule has 8 heteroatoms. The van der Waals surface area contributed by atoms with Crippen molar-refractivity contribution in [3.8, 4) is 5.75 Å². The van der Waals surface area contributed by atoms with Crippen LogP contribution in [-0.4, -0.2) is 56.0 Å². The Hall–Kier alpha value is -3.55. The van der Waals surface area contributed by atoms with Crippen LogP contribution >= 0.6 is 11.6 Å². The normalized spacial score (nSPS) is 14.8. The van der Waals surface area contributed by atoms with Gasteiger partial charge in [0.15, 0.2) is 0 Å². The van der Waals surface area contributed by atoms with Crippen LogP contribution in [0.25, 0.3) is 0 Å². The molecule has 0 saturated carbocycles. The largest absolute Gasteiger partial charge is 0.495 e. The van der Waals surface area contributed by atoms with E-state index in [9.17, 15) is 9.59 Å². The minimum Gasteiger partial charge on any atom is -0.495 e. The van der Waals surface area contributed by atoms with Gasteiger partial charge in [-0.25, -0.2) is 0 Å². The predicted octanol–water partition coefficient (Wildman–Crippen LogP) is 4.75. The number of piperazine rings is 1. The Morgan fingerprint density at radius 1 is 0.914 bits per heavy atom. The highest BCUT2D eigenvalue weighted by Crippen LogP contribution is 2.24. The number of halogens is 1. The molecule has 1 atom stereocenters. The summed E-state index contributed by atoms with van der Waals surface area (Å²) in [5.41, 5.74) is 2.83. The van der Waals surface area contributed by atoms with Crippen molar-refractivity contribution in [2.45, 2.75) is 13.0 Å². The Kier molecular flexibility index (Phi) is 7.90. The van der Waals surface area contributed by atoms with Crippen molar-refractivity contribution in [1.82, 2.24) is 4.90 Å². The molecule has 0 aliphatic carbocycles. The lowest BCUT2D eigenvalue weighted by Crippen LogP contribution is -2.52. The quantitative estimate of drug-likeness (QED) is 0.498. The number of nitrogens with zero attached hydrogens (tertiary/aromatic N) is 2. The molecular weight excluding hydrogens is 464 g/mol. The Labute approximate surface area is 210 Å². The summed E-state index contributed by atoms with van der Waals surface area (Å²) in [5.74, 6) is 0.262. The van der Waals surface area contributed by atoms with Crippen molar-refractivity contribution in [2.24, 2.45) is 0 Å². The van der Waals surface area contributed by atoms with Gasteiger partial charge in [-0.3, -0.25) is 14.5 Å². The number of benzene rings is 3. The zero-order chi connectivity index (χ0) is 24.8. The number of methoxy groups -OCH3 is 1. The number of para-hydroxylation sites is 2. The number of rotatable bonds is 7. The van der Waals surface area contributed by atoms with Crippen LogP contribution in [0, 0.1) is 0 Å². The lowest BCUT2D eigenvalue weighted by Gasteiger charge is -2.38. The van der Waals surface area contributed by atoms with Crippen molar-refractivity contribution in [3.05, 3.63) is 83.4 Å². The van der Waals surface area contributed by atoms with Crippen molar-refractivity contribution < 1.29 is 14.3 Å². The highest BCUT2D eigenvalue weighted by atomic mass is 35.5. The van der Waals surface area contributed by atoms with E-state index in [-0.39, 0.29) is 17.9 Å². The molecule has 1 unspecified atom stereocenters. The molecule has 0 spiro atoms. The van der Waals surface area contributed by atoms with E-state index in [4.69, 9.17) is 16.3 Å². The maximum atomic E-state index is 12.9. The average Bonchev–Trinajstić information content (AvgIpc) is 2.89. The fourth-order valence-electron chi connectivity index (χ4n) is 4.10. The molecule has 1 aliphatic heterocycles. The summed E-state index contributed by atoms with van der Waals surface area (Å²) in [6.07, 6.45) is 0. The number of nitrogens with one attached hydrogen (secondary N) is 2. The van der Waals surface area contributed by atoms with Crippen LogP contribution in [-0.2, 0) is 4.79 Å². The molecule has 0 bridgehead atoms. The van der Waals surface area contributed by atoms with E-state index < -0.39 is 0 Å². The minimum absolute atomic E-state index is 0.0765. The summed E-state index contributed by atoms with van der Waals surface area (Å²) in [5, 5.41) is 6.53. The standard InChI is InChI=1S/C27H29ClN4O3/c1-19(31-14-16-32(17-15-31)23-7-5-6-21(28)18-23)26(33)29-22-12-10-20(11-13-22)27(34)30-24-8-3-4-9-25(24)35-2/h3-13,18-19H,14-17H2,1-2H3,(H,29,33)(H,30,34).